The number of likely N-dealkylation sites (tertiary alicyclic amines) is 1. The summed E-state index contributed by atoms with van der Waals surface area (Å²) in [6, 6.07) is 0.414. The normalized spacial score (nSPS) is 28.5. The van der Waals surface area contributed by atoms with Crippen molar-refractivity contribution in [3.05, 3.63) is 0 Å². The summed E-state index contributed by atoms with van der Waals surface area (Å²) in [4.78, 5) is 2.43. The maximum atomic E-state index is 9.25. The van der Waals surface area contributed by atoms with E-state index in [1.807, 2.05) is 0 Å². The van der Waals surface area contributed by atoms with E-state index in [-0.39, 0.29) is 0 Å². The lowest BCUT2D eigenvalue weighted by atomic mass is 10.0. The van der Waals surface area contributed by atoms with E-state index in [1.165, 1.54) is 19.4 Å². The van der Waals surface area contributed by atoms with E-state index < -0.39 is 0 Å². The van der Waals surface area contributed by atoms with Gasteiger partial charge in [0.25, 0.3) is 0 Å². The second-order valence-corrected chi connectivity index (χ2v) is 4.26. The highest BCUT2D eigenvalue weighted by atomic mass is 16.3. The Morgan fingerprint density at radius 3 is 2.93 bits per heavy atom. The van der Waals surface area contributed by atoms with Gasteiger partial charge in [-0.1, -0.05) is 13.8 Å². The number of aliphatic hydroxyl groups is 1. The van der Waals surface area contributed by atoms with Crippen LogP contribution in [0.3, 0.4) is 0 Å². The van der Waals surface area contributed by atoms with Gasteiger partial charge in [0.15, 0.2) is 0 Å². The largest absolute Gasteiger partial charge is 0.395 e. The summed E-state index contributed by atoms with van der Waals surface area (Å²) in [6.07, 6.45) is 2.43. The Labute approximate surface area is 87.5 Å². The van der Waals surface area contributed by atoms with E-state index in [4.69, 9.17) is 0 Å². The van der Waals surface area contributed by atoms with Crippen molar-refractivity contribution in [1.29, 1.82) is 0 Å². The van der Waals surface area contributed by atoms with Crippen LogP contribution in [0.1, 0.15) is 26.7 Å². The van der Waals surface area contributed by atoms with Crippen molar-refractivity contribution in [2.75, 3.05) is 32.8 Å². The van der Waals surface area contributed by atoms with Crippen LogP contribution in [0.2, 0.25) is 0 Å². The third-order valence-corrected chi connectivity index (χ3v) is 3.23. The van der Waals surface area contributed by atoms with Crippen molar-refractivity contribution in [3.8, 4) is 0 Å². The second kappa shape index (κ2) is 6.38. The van der Waals surface area contributed by atoms with Crippen molar-refractivity contribution in [2.24, 2.45) is 5.92 Å². The summed E-state index contributed by atoms with van der Waals surface area (Å²) < 4.78 is 0. The zero-order chi connectivity index (χ0) is 10.4. The minimum Gasteiger partial charge on any atom is -0.395 e. The van der Waals surface area contributed by atoms with Gasteiger partial charge in [0.05, 0.1) is 6.61 Å². The standard InChI is InChI=1S/C11H24N2O/c1-3-12-6-4-7-13-8-5-10(2)11(13)9-14/h10-12,14H,3-9H2,1-2H3. The molecule has 0 aromatic carbocycles. The van der Waals surface area contributed by atoms with Crippen molar-refractivity contribution in [2.45, 2.75) is 32.7 Å². The van der Waals surface area contributed by atoms with E-state index >= 15 is 0 Å². The number of hydrogen-bond donors (Lipinski definition) is 2. The monoisotopic (exact) mass is 200 g/mol. The highest BCUT2D eigenvalue weighted by molar-refractivity contribution is 4.83. The van der Waals surface area contributed by atoms with E-state index in [0.29, 0.717) is 18.6 Å². The van der Waals surface area contributed by atoms with Gasteiger partial charge in [-0.05, 0) is 44.9 Å². The molecule has 2 atom stereocenters. The predicted octanol–water partition coefficient (Wildman–Crippen LogP) is 0.689. The van der Waals surface area contributed by atoms with Crippen LogP contribution in [0, 0.1) is 5.92 Å². The molecule has 0 amide bonds. The summed E-state index contributed by atoms with van der Waals surface area (Å²) in [5, 5.41) is 12.6. The van der Waals surface area contributed by atoms with Crippen molar-refractivity contribution >= 4 is 0 Å². The third-order valence-electron chi connectivity index (χ3n) is 3.23. The summed E-state index contributed by atoms with van der Waals surface area (Å²) in [7, 11) is 0. The first-order valence-electron chi connectivity index (χ1n) is 5.85. The molecule has 3 heteroatoms. The van der Waals surface area contributed by atoms with Gasteiger partial charge >= 0.3 is 0 Å². The lowest BCUT2D eigenvalue weighted by Crippen LogP contribution is -2.36. The Balaban J connectivity index is 2.17. The average Bonchev–Trinajstić information content (AvgIpc) is 2.54. The number of nitrogens with one attached hydrogen (secondary N) is 1. The summed E-state index contributed by atoms with van der Waals surface area (Å²) in [6.45, 7) is 9.14. The van der Waals surface area contributed by atoms with Crippen LogP contribution in [0.15, 0.2) is 0 Å². The molecule has 2 unspecified atom stereocenters. The molecule has 1 heterocycles. The highest BCUT2D eigenvalue weighted by Crippen LogP contribution is 2.23. The van der Waals surface area contributed by atoms with Gasteiger partial charge in [0, 0.05) is 6.04 Å². The van der Waals surface area contributed by atoms with E-state index in [2.05, 4.69) is 24.1 Å². The first-order chi connectivity index (χ1) is 6.79. The molecule has 0 aromatic heterocycles. The fraction of sp³-hybridized carbons (Fsp3) is 1.00. The minimum atomic E-state index is 0.322. The molecule has 84 valence electrons. The molecular formula is C11H24N2O. The third kappa shape index (κ3) is 3.23. The highest BCUT2D eigenvalue weighted by Gasteiger charge is 2.29. The number of nitrogens with zero attached hydrogens (tertiary/aromatic N) is 1. The molecule has 0 radical (unpaired) electrons. The Kier molecular flexibility index (Phi) is 5.45. The summed E-state index contributed by atoms with van der Waals surface area (Å²) >= 11 is 0. The summed E-state index contributed by atoms with van der Waals surface area (Å²) in [5.74, 6) is 0.666. The molecule has 0 aromatic rings. The van der Waals surface area contributed by atoms with Gasteiger partial charge < -0.3 is 10.4 Å². The Hall–Kier alpha value is -0.120. The quantitative estimate of drug-likeness (QED) is 0.619. The first-order valence-corrected chi connectivity index (χ1v) is 5.85. The molecule has 1 aliphatic rings. The molecule has 1 rings (SSSR count). The topological polar surface area (TPSA) is 35.5 Å². The van der Waals surface area contributed by atoms with E-state index in [0.717, 1.165) is 19.6 Å². The van der Waals surface area contributed by atoms with Crippen molar-refractivity contribution in [1.82, 2.24) is 10.2 Å². The number of rotatable bonds is 6. The van der Waals surface area contributed by atoms with Gasteiger partial charge in [-0.25, -0.2) is 0 Å². The fourth-order valence-electron chi connectivity index (χ4n) is 2.24. The first kappa shape index (κ1) is 12.0. The van der Waals surface area contributed by atoms with Gasteiger partial charge in [0.1, 0.15) is 0 Å². The van der Waals surface area contributed by atoms with E-state index in [1.54, 1.807) is 0 Å². The Bertz CT molecular complexity index is 152. The lowest BCUT2D eigenvalue weighted by molar-refractivity contribution is 0.138. The SMILES string of the molecule is CCNCCCN1CCC(C)C1CO. The smallest absolute Gasteiger partial charge is 0.0589 e. The van der Waals surface area contributed by atoms with Gasteiger partial charge in [-0.15, -0.1) is 0 Å². The van der Waals surface area contributed by atoms with Gasteiger partial charge in [0.2, 0.25) is 0 Å². The van der Waals surface area contributed by atoms with Crippen molar-refractivity contribution < 1.29 is 5.11 Å². The van der Waals surface area contributed by atoms with Crippen LogP contribution < -0.4 is 5.32 Å². The van der Waals surface area contributed by atoms with Crippen LogP contribution in [-0.4, -0.2) is 48.8 Å². The zero-order valence-corrected chi connectivity index (χ0v) is 9.50. The van der Waals surface area contributed by atoms with Crippen LogP contribution >= 0.6 is 0 Å². The summed E-state index contributed by atoms with van der Waals surface area (Å²) in [5.41, 5.74) is 0. The molecule has 0 aliphatic carbocycles. The Morgan fingerprint density at radius 2 is 2.29 bits per heavy atom. The van der Waals surface area contributed by atoms with Gasteiger partial charge in [-0.2, -0.15) is 0 Å². The average molecular weight is 200 g/mol. The minimum absolute atomic E-state index is 0.322. The molecule has 0 spiro atoms. The Morgan fingerprint density at radius 1 is 1.50 bits per heavy atom. The second-order valence-electron chi connectivity index (χ2n) is 4.26. The molecule has 2 N–H and O–H groups in total. The lowest BCUT2D eigenvalue weighted by Gasteiger charge is -2.24. The van der Waals surface area contributed by atoms with Gasteiger partial charge in [-0.3, -0.25) is 4.90 Å². The molecule has 0 bridgehead atoms. The molecular weight excluding hydrogens is 176 g/mol. The van der Waals surface area contributed by atoms with E-state index in [9.17, 15) is 5.11 Å². The predicted molar refractivity (Wildman–Crippen MR) is 59.4 cm³/mol. The van der Waals surface area contributed by atoms with Crippen LogP contribution in [0.4, 0.5) is 0 Å². The van der Waals surface area contributed by atoms with Crippen LogP contribution in [-0.2, 0) is 0 Å². The fourth-order valence-corrected chi connectivity index (χ4v) is 2.24. The van der Waals surface area contributed by atoms with Crippen LogP contribution in [0.5, 0.6) is 0 Å². The molecule has 1 fully saturated rings. The number of hydrogen-bond acceptors (Lipinski definition) is 3. The van der Waals surface area contributed by atoms with Crippen LogP contribution in [0.25, 0.3) is 0 Å². The maximum Gasteiger partial charge on any atom is 0.0589 e. The maximum absolute atomic E-state index is 9.25. The molecule has 0 saturated carbocycles. The molecule has 3 nitrogen and oxygen atoms in total. The molecule has 14 heavy (non-hydrogen) atoms. The van der Waals surface area contributed by atoms with Crippen molar-refractivity contribution in [3.63, 3.8) is 0 Å². The molecule has 1 aliphatic heterocycles. The molecule has 1 saturated heterocycles. The zero-order valence-electron chi connectivity index (χ0n) is 9.50. The number of aliphatic hydroxyl groups excluding tert-OH is 1.